The summed E-state index contributed by atoms with van der Waals surface area (Å²) in [6.07, 6.45) is 1.17. The maximum Gasteiger partial charge on any atom is 0.175 e. The fourth-order valence-corrected chi connectivity index (χ4v) is 3.41. The molecule has 0 fully saturated rings. The van der Waals surface area contributed by atoms with Crippen molar-refractivity contribution in [3.05, 3.63) is 53.2 Å². The molecule has 0 saturated carbocycles. The van der Waals surface area contributed by atoms with Crippen molar-refractivity contribution in [3.8, 4) is 16.5 Å². The number of benzene rings is 1. The number of sulfone groups is 1. The van der Waals surface area contributed by atoms with Gasteiger partial charge in [0.1, 0.15) is 18.1 Å². The highest BCUT2D eigenvalue weighted by Crippen LogP contribution is 2.26. The van der Waals surface area contributed by atoms with Gasteiger partial charge < -0.3 is 9.15 Å². The molecule has 23 heavy (non-hydrogen) atoms. The van der Waals surface area contributed by atoms with Crippen LogP contribution in [-0.2, 0) is 16.4 Å². The molecule has 0 saturated heterocycles. The zero-order valence-corrected chi connectivity index (χ0v) is 14.3. The SMILES string of the molecule is Cc1ccc(-c2nc(COc3cccc(S(C)(=O)=O)c3)cs2)o1. The summed E-state index contributed by atoms with van der Waals surface area (Å²) in [5.74, 6) is 2.07. The number of furan rings is 1. The van der Waals surface area contributed by atoms with Crippen LogP contribution in [0.25, 0.3) is 10.8 Å². The van der Waals surface area contributed by atoms with E-state index in [1.54, 1.807) is 18.2 Å². The Labute approximate surface area is 138 Å². The Bertz CT molecular complexity index is 925. The monoisotopic (exact) mass is 349 g/mol. The van der Waals surface area contributed by atoms with Crippen molar-refractivity contribution in [1.82, 2.24) is 4.98 Å². The van der Waals surface area contributed by atoms with Crippen molar-refractivity contribution in [1.29, 1.82) is 0 Å². The molecule has 0 aliphatic carbocycles. The first-order chi connectivity index (χ1) is 10.9. The number of aromatic nitrogens is 1. The zero-order valence-electron chi connectivity index (χ0n) is 12.6. The summed E-state index contributed by atoms with van der Waals surface area (Å²) in [4.78, 5) is 4.70. The topological polar surface area (TPSA) is 69.4 Å². The van der Waals surface area contributed by atoms with Gasteiger partial charge in [-0.05, 0) is 37.3 Å². The first kappa shape index (κ1) is 15.8. The molecule has 7 heteroatoms. The highest BCUT2D eigenvalue weighted by atomic mass is 32.2. The molecule has 0 radical (unpaired) electrons. The molecule has 0 atom stereocenters. The van der Waals surface area contributed by atoms with Crippen LogP contribution in [0.15, 0.2) is 51.1 Å². The third kappa shape index (κ3) is 3.80. The first-order valence-electron chi connectivity index (χ1n) is 6.86. The number of hydrogen-bond acceptors (Lipinski definition) is 6. The van der Waals surface area contributed by atoms with Crippen molar-refractivity contribution in [2.45, 2.75) is 18.4 Å². The molecule has 0 spiro atoms. The van der Waals surface area contributed by atoms with Gasteiger partial charge in [-0.25, -0.2) is 13.4 Å². The molecule has 0 aliphatic heterocycles. The van der Waals surface area contributed by atoms with Gasteiger partial charge in [0.2, 0.25) is 0 Å². The predicted molar refractivity (Wildman–Crippen MR) is 88.4 cm³/mol. The van der Waals surface area contributed by atoms with Crippen molar-refractivity contribution in [2.24, 2.45) is 0 Å². The summed E-state index contributed by atoms with van der Waals surface area (Å²) >= 11 is 1.48. The maximum absolute atomic E-state index is 11.5. The number of aryl methyl sites for hydroxylation is 1. The molecule has 0 unspecified atom stereocenters. The van der Waals surface area contributed by atoms with Crippen LogP contribution >= 0.6 is 11.3 Å². The lowest BCUT2D eigenvalue weighted by Crippen LogP contribution is -1.99. The van der Waals surface area contributed by atoms with Crippen molar-refractivity contribution in [2.75, 3.05) is 6.26 Å². The molecular weight excluding hydrogens is 334 g/mol. The van der Waals surface area contributed by atoms with Crippen LogP contribution in [-0.4, -0.2) is 19.7 Å². The van der Waals surface area contributed by atoms with Crippen molar-refractivity contribution in [3.63, 3.8) is 0 Å². The minimum absolute atomic E-state index is 0.236. The summed E-state index contributed by atoms with van der Waals surface area (Å²) in [5.41, 5.74) is 0.767. The molecule has 0 bridgehead atoms. The van der Waals surface area contributed by atoms with E-state index in [0.29, 0.717) is 5.75 Å². The fourth-order valence-electron chi connectivity index (χ4n) is 1.99. The average Bonchev–Trinajstić information content (AvgIpc) is 3.13. The third-order valence-corrected chi connectivity index (χ3v) is 5.14. The van der Waals surface area contributed by atoms with E-state index in [-0.39, 0.29) is 11.5 Å². The van der Waals surface area contributed by atoms with Crippen LogP contribution in [0.2, 0.25) is 0 Å². The molecule has 5 nitrogen and oxygen atoms in total. The summed E-state index contributed by atoms with van der Waals surface area (Å²) in [7, 11) is -3.24. The molecule has 3 aromatic rings. The van der Waals surface area contributed by atoms with Gasteiger partial charge in [0.15, 0.2) is 20.6 Å². The molecular formula is C16H15NO4S2. The zero-order chi connectivity index (χ0) is 16.4. The van der Waals surface area contributed by atoms with Gasteiger partial charge in [-0.1, -0.05) is 6.07 Å². The molecule has 2 heterocycles. The Balaban J connectivity index is 1.71. The molecule has 0 aliphatic rings. The maximum atomic E-state index is 11.5. The fraction of sp³-hybridized carbons (Fsp3) is 0.188. The van der Waals surface area contributed by atoms with E-state index in [2.05, 4.69) is 4.98 Å². The minimum atomic E-state index is -3.24. The van der Waals surface area contributed by atoms with Crippen LogP contribution in [0.3, 0.4) is 0 Å². The smallest absolute Gasteiger partial charge is 0.175 e. The van der Waals surface area contributed by atoms with E-state index in [0.717, 1.165) is 22.2 Å². The van der Waals surface area contributed by atoms with Gasteiger partial charge in [-0.2, -0.15) is 0 Å². The lowest BCUT2D eigenvalue weighted by Gasteiger charge is -2.05. The van der Waals surface area contributed by atoms with E-state index in [9.17, 15) is 8.42 Å². The minimum Gasteiger partial charge on any atom is -0.487 e. The Morgan fingerprint density at radius 1 is 1.26 bits per heavy atom. The first-order valence-corrected chi connectivity index (χ1v) is 9.63. The van der Waals surface area contributed by atoms with E-state index < -0.39 is 9.84 Å². The molecule has 120 valence electrons. The molecule has 0 amide bonds. The van der Waals surface area contributed by atoms with Crippen molar-refractivity contribution >= 4 is 21.2 Å². The quantitative estimate of drug-likeness (QED) is 0.702. The van der Waals surface area contributed by atoms with Gasteiger partial charge >= 0.3 is 0 Å². The van der Waals surface area contributed by atoms with Crippen LogP contribution in [0.4, 0.5) is 0 Å². The second kappa shape index (κ2) is 6.17. The Morgan fingerprint density at radius 2 is 2.09 bits per heavy atom. The van der Waals surface area contributed by atoms with Gasteiger partial charge in [0.25, 0.3) is 0 Å². The van der Waals surface area contributed by atoms with Gasteiger partial charge in [0.05, 0.1) is 10.6 Å². The Hall–Kier alpha value is -2.12. The number of ether oxygens (including phenoxy) is 1. The third-order valence-electron chi connectivity index (χ3n) is 3.12. The molecule has 0 N–H and O–H groups in total. The largest absolute Gasteiger partial charge is 0.487 e. The van der Waals surface area contributed by atoms with Gasteiger partial charge in [-0.3, -0.25) is 0 Å². The highest BCUT2D eigenvalue weighted by Gasteiger charge is 2.10. The van der Waals surface area contributed by atoms with Crippen LogP contribution in [0, 0.1) is 6.92 Å². The van der Waals surface area contributed by atoms with Crippen LogP contribution in [0.5, 0.6) is 5.75 Å². The van der Waals surface area contributed by atoms with E-state index in [1.807, 2.05) is 24.4 Å². The average molecular weight is 349 g/mol. The Kier molecular flexibility index (Phi) is 4.23. The summed E-state index contributed by atoms with van der Waals surface area (Å²) in [6.45, 7) is 2.15. The van der Waals surface area contributed by atoms with Gasteiger partial charge in [0, 0.05) is 11.6 Å². The second-order valence-electron chi connectivity index (χ2n) is 5.09. The Morgan fingerprint density at radius 3 is 2.78 bits per heavy atom. The number of thiazole rings is 1. The van der Waals surface area contributed by atoms with E-state index in [1.165, 1.54) is 23.7 Å². The van der Waals surface area contributed by atoms with Gasteiger partial charge in [-0.15, -0.1) is 11.3 Å². The standard InChI is InChI=1S/C16H15NO4S2/c1-11-6-7-15(21-11)16-17-12(10-22-16)9-20-13-4-3-5-14(8-13)23(2,18)19/h3-8,10H,9H2,1-2H3. The second-order valence-corrected chi connectivity index (χ2v) is 7.96. The summed E-state index contributed by atoms with van der Waals surface area (Å²) < 4.78 is 34.3. The number of nitrogens with zero attached hydrogens (tertiary/aromatic N) is 1. The summed E-state index contributed by atoms with van der Waals surface area (Å²) in [6, 6.07) is 10.2. The number of rotatable bonds is 5. The predicted octanol–water partition coefficient (Wildman–Crippen LogP) is 3.69. The highest BCUT2D eigenvalue weighted by molar-refractivity contribution is 7.90. The molecule has 2 aromatic heterocycles. The molecule has 3 rings (SSSR count). The van der Waals surface area contributed by atoms with E-state index >= 15 is 0 Å². The lowest BCUT2D eigenvalue weighted by molar-refractivity contribution is 0.301. The number of hydrogen-bond donors (Lipinski definition) is 0. The normalized spacial score (nSPS) is 11.6. The summed E-state index contributed by atoms with van der Waals surface area (Å²) in [5, 5.41) is 2.69. The van der Waals surface area contributed by atoms with E-state index in [4.69, 9.17) is 9.15 Å². The van der Waals surface area contributed by atoms with Crippen molar-refractivity contribution < 1.29 is 17.6 Å². The lowest BCUT2D eigenvalue weighted by atomic mass is 10.3. The van der Waals surface area contributed by atoms with Crippen LogP contribution in [0.1, 0.15) is 11.5 Å². The molecule has 1 aromatic carbocycles. The van der Waals surface area contributed by atoms with Crippen LogP contribution < -0.4 is 4.74 Å².